The van der Waals surface area contributed by atoms with Crippen LogP contribution in [0.3, 0.4) is 0 Å². The zero-order valence-corrected chi connectivity index (χ0v) is 7.34. The lowest BCUT2D eigenvalue weighted by molar-refractivity contribution is 1.68. The van der Waals surface area contributed by atoms with Crippen molar-refractivity contribution in [2.45, 2.75) is 7.43 Å². The summed E-state index contributed by atoms with van der Waals surface area (Å²) in [7, 11) is 0. The molecule has 0 fully saturated rings. The first-order chi connectivity index (χ1) is 5.86. The van der Waals surface area contributed by atoms with Gasteiger partial charge in [0.05, 0.1) is 0 Å². The zero-order valence-electron chi connectivity index (χ0n) is 6.53. The summed E-state index contributed by atoms with van der Waals surface area (Å²) in [6, 6.07) is 12.1. The first-order valence-electron chi connectivity index (χ1n) is 3.76. The highest BCUT2D eigenvalue weighted by molar-refractivity contribution is 7.13. The molecule has 0 amide bonds. The molecule has 0 saturated carbocycles. The fourth-order valence-electron chi connectivity index (χ4n) is 1.13. The molecule has 13 heavy (non-hydrogen) atoms. The normalized spacial score (nSPS) is 9.23. The second-order valence-corrected chi connectivity index (χ2v) is 3.55. The molecule has 0 aliphatic rings. The molecule has 0 aliphatic carbocycles. The number of benzene rings is 1. The second-order valence-electron chi connectivity index (χ2n) is 2.60. The third-order valence-corrected chi connectivity index (χ3v) is 2.61. The number of anilines is 1. The van der Waals surface area contributed by atoms with E-state index >= 15 is 0 Å². The summed E-state index contributed by atoms with van der Waals surface area (Å²) in [4.78, 5) is 1.27. The van der Waals surface area contributed by atoms with Gasteiger partial charge in [0.2, 0.25) is 0 Å². The van der Waals surface area contributed by atoms with Gasteiger partial charge in [0.1, 0.15) is 0 Å². The van der Waals surface area contributed by atoms with E-state index in [0.717, 1.165) is 5.69 Å². The minimum absolute atomic E-state index is 0. The van der Waals surface area contributed by atoms with Crippen molar-refractivity contribution in [3.63, 3.8) is 0 Å². The molecule has 2 N–H and O–H groups in total. The fraction of sp³-hybridized carbons (Fsp3) is 0.0909. The summed E-state index contributed by atoms with van der Waals surface area (Å²) in [5, 5.41) is 2.07. The number of rotatable bonds is 1. The molecule has 0 radical (unpaired) electrons. The lowest BCUT2D eigenvalue weighted by atomic mass is 10.2. The molecule has 1 heterocycles. The van der Waals surface area contributed by atoms with E-state index in [1.807, 2.05) is 24.3 Å². The van der Waals surface area contributed by atoms with Gasteiger partial charge < -0.3 is 5.73 Å². The van der Waals surface area contributed by atoms with Crippen LogP contribution in [0.2, 0.25) is 0 Å². The van der Waals surface area contributed by atoms with Gasteiger partial charge in [-0.05, 0) is 29.1 Å². The zero-order chi connectivity index (χ0) is 8.39. The van der Waals surface area contributed by atoms with Crippen LogP contribution in [0.4, 0.5) is 5.69 Å². The molecule has 1 nitrogen and oxygen atoms in total. The van der Waals surface area contributed by atoms with E-state index in [9.17, 15) is 0 Å². The van der Waals surface area contributed by atoms with Crippen LogP contribution < -0.4 is 5.73 Å². The standard InChI is InChI=1S/C10H9NS.CH4/c11-9-4-1-3-8(7-9)10-5-2-6-12-10;/h1-7H,11H2;1H4. The van der Waals surface area contributed by atoms with E-state index in [1.165, 1.54) is 10.4 Å². The van der Waals surface area contributed by atoms with Crippen LogP contribution in [0.25, 0.3) is 10.4 Å². The van der Waals surface area contributed by atoms with Crippen molar-refractivity contribution in [1.29, 1.82) is 0 Å². The smallest absolute Gasteiger partial charge is 0.0343 e. The van der Waals surface area contributed by atoms with Gasteiger partial charge in [-0.2, -0.15) is 0 Å². The monoisotopic (exact) mass is 191 g/mol. The SMILES string of the molecule is C.Nc1cccc(-c2cccs2)c1. The lowest BCUT2D eigenvalue weighted by Gasteiger charge is -1.97. The third kappa shape index (κ3) is 2.10. The molecular weight excluding hydrogens is 178 g/mol. The molecule has 0 spiro atoms. The molecule has 0 saturated heterocycles. The molecule has 2 heteroatoms. The van der Waals surface area contributed by atoms with Crippen molar-refractivity contribution in [3.8, 4) is 10.4 Å². The van der Waals surface area contributed by atoms with Crippen LogP contribution in [-0.2, 0) is 0 Å². The Morgan fingerprint density at radius 2 is 1.92 bits per heavy atom. The topological polar surface area (TPSA) is 26.0 Å². The number of nitrogen functional groups attached to an aromatic ring is 1. The Morgan fingerprint density at radius 3 is 2.54 bits per heavy atom. The maximum absolute atomic E-state index is 5.67. The minimum Gasteiger partial charge on any atom is -0.399 e. The fourth-order valence-corrected chi connectivity index (χ4v) is 1.86. The van der Waals surface area contributed by atoms with E-state index in [-0.39, 0.29) is 7.43 Å². The number of nitrogens with two attached hydrogens (primary N) is 1. The maximum atomic E-state index is 5.67. The molecule has 68 valence electrons. The Bertz CT molecular complexity index is 365. The largest absolute Gasteiger partial charge is 0.399 e. The Balaban J connectivity index is 0.000000845. The average molecular weight is 191 g/mol. The van der Waals surface area contributed by atoms with E-state index in [4.69, 9.17) is 5.73 Å². The summed E-state index contributed by atoms with van der Waals surface area (Å²) < 4.78 is 0. The Hall–Kier alpha value is -1.28. The van der Waals surface area contributed by atoms with E-state index < -0.39 is 0 Å². The highest BCUT2D eigenvalue weighted by Crippen LogP contribution is 2.25. The average Bonchev–Trinajstić information content (AvgIpc) is 2.56. The Labute approximate surface area is 82.8 Å². The van der Waals surface area contributed by atoms with Crippen molar-refractivity contribution in [2.75, 3.05) is 5.73 Å². The minimum atomic E-state index is 0. The van der Waals surface area contributed by atoms with E-state index in [1.54, 1.807) is 11.3 Å². The van der Waals surface area contributed by atoms with Gasteiger partial charge >= 0.3 is 0 Å². The van der Waals surface area contributed by atoms with Crippen LogP contribution >= 0.6 is 11.3 Å². The molecule has 0 unspecified atom stereocenters. The molecule has 1 aromatic carbocycles. The molecular formula is C11H13NS. The molecule has 0 bridgehead atoms. The van der Waals surface area contributed by atoms with Gasteiger partial charge in [-0.1, -0.05) is 25.6 Å². The van der Waals surface area contributed by atoms with Crippen LogP contribution in [0.5, 0.6) is 0 Å². The molecule has 0 atom stereocenters. The summed E-state index contributed by atoms with van der Waals surface area (Å²) in [5.74, 6) is 0. The highest BCUT2D eigenvalue weighted by Gasteiger charge is 1.96. The lowest BCUT2D eigenvalue weighted by Crippen LogP contribution is -1.83. The third-order valence-electron chi connectivity index (χ3n) is 1.69. The van der Waals surface area contributed by atoms with Gasteiger partial charge in [-0.15, -0.1) is 11.3 Å². The van der Waals surface area contributed by atoms with Crippen molar-refractivity contribution in [1.82, 2.24) is 0 Å². The predicted molar refractivity (Wildman–Crippen MR) is 60.9 cm³/mol. The van der Waals surface area contributed by atoms with Crippen molar-refractivity contribution < 1.29 is 0 Å². The van der Waals surface area contributed by atoms with Crippen LogP contribution in [0, 0.1) is 0 Å². The van der Waals surface area contributed by atoms with Gasteiger partial charge in [0.15, 0.2) is 0 Å². The van der Waals surface area contributed by atoms with Gasteiger partial charge in [0.25, 0.3) is 0 Å². The molecule has 2 rings (SSSR count). The summed E-state index contributed by atoms with van der Waals surface area (Å²) in [6.45, 7) is 0. The van der Waals surface area contributed by atoms with Crippen molar-refractivity contribution >= 4 is 17.0 Å². The quantitative estimate of drug-likeness (QED) is 0.684. The predicted octanol–water partition coefficient (Wildman–Crippen LogP) is 3.63. The molecule has 1 aromatic heterocycles. The first-order valence-corrected chi connectivity index (χ1v) is 4.63. The van der Waals surface area contributed by atoms with Crippen molar-refractivity contribution in [2.24, 2.45) is 0 Å². The van der Waals surface area contributed by atoms with Crippen molar-refractivity contribution in [3.05, 3.63) is 41.8 Å². The van der Waals surface area contributed by atoms with Crippen LogP contribution in [0.1, 0.15) is 7.43 Å². The summed E-state index contributed by atoms with van der Waals surface area (Å²) in [5.41, 5.74) is 7.69. The second kappa shape index (κ2) is 4.10. The van der Waals surface area contributed by atoms with Gasteiger partial charge in [-0.25, -0.2) is 0 Å². The molecule has 2 aromatic rings. The number of thiophene rings is 1. The summed E-state index contributed by atoms with van der Waals surface area (Å²) >= 11 is 1.73. The molecule has 0 aliphatic heterocycles. The summed E-state index contributed by atoms with van der Waals surface area (Å²) in [6.07, 6.45) is 0. The van der Waals surface area contributed by atoms with Gasteiger partial charge in [0, 0.05) is 10.6 Å². The van der Waals surface area contributed by atoms with E-state index in [2.05, 4.69) is 17.5 Å². The number of hydrogen-bond donors (Lipinski definition) is 1. The van der Waals surface area contributed by atoms with E-state index in [0.29, 0.717) is 0 Å². The highest BCUT2D eigenvalue weighted by atomic mass is 32.1. The maximum Gasteiger partial charge on any atom is 0.0343 e. The van der Waals surface area contributed by atoms with Crippen LogP contribution in [0.15, 0.2) is 41.8 Å². The van der Waals surface area contributed by atoms with Crippen LogP contribution in [-0.4, -0.2) is 0 Å². The first kappa shape index (κ1) is 9.81. The van der Waals surface area contributed by atoms with Gasteiger partial charge in [-0.3, -0.25) is 0 Å². The Kier molecular flexibility index (Phi) is 3.09. The Morgan fingerprint density at radius 1 is 1.08 bits per heavy atom. The number of hydrogen-bond acceptors (Lipinski definition) is 2.